The van der Waals surface area contributed by atoms with Gasteiger partial charge in [-0.1, -0.05) is 0 Å². The molecule has 0 spiro atoms. The van der Waals surface area contributed by atoms with Crippen LogP contribution in [0.3, 0.4) is 0 Å². The van der Waals surface area contributed by atoms with Gasteiger partial charge in [-0.05, 0) is 31.9 Å². The van der Waals surface area contributed by atoms with Gasteiger partial charge in [0.1, 0.15) is 0 Å². The summed E-state index contributed by atoms with van der Waals surface area (Å²) in [5, 5.41) is 30.9. The number of likely N-dealkylation sites (tertiary alicyclic amines) is 1. The van der Waals surface area contributed by atoms with Crippen LogP contribution in [0.2, 0.25) is 0 Å². The summed E-state index contributed by atoms with van der Waals surface area (Å²) in [6.45, 7) is 0.957. The predicted molar refractivity (Wildman–Crippen MR) is 73.4 cm³/mol. The number of nitriles is 1. The Morgan fingerprint density at radius 1 is 1.29 bits per heavy atom. The van der Waals surface area contributed by atoms with Crippen LogP contribution >= 0.6 is 0 Å². The molecule has 1 atom stereocenters. The molecule has 21 heavy (non-hydrogen) atoms. The van der Waals surface area contributed by atoms with Gasteiger partial charge in [-0.3, -0.25) is 25.1 Å². The van der Waals surface area contributed by atoms with Crippen molar-refractivity contribution < 1.29 is 9.85 Å². The number of hydrogen-bond acceptors (Lipinski definition) is 6. The zero-order valence-corrected chi connectivity index (χ0v) is 11.3. The van der Waals surface area contributed by atoms with Crippen LogP contribution in [0.25, 0.3) is 0 Å². The highest BCUT2D eigenvalue weighted by molar-refractivity contribution is 5.49. The number of nitrogens with zero attached hydrogens (tertiary/aromatic N) is 4. The number of rotatable bonds is 4. The fraction of sp³-hybridized carbons (Fsp3) is 0.462. The van der Waals surface area contributed by atoms with Crippen molar-refractivity contribution in [2.24, 2.45) is 0 Å². The van der Waals surface area contributed by atoms with Crippen molar-refractivity contribution in [1.29, 1.82) is 5.26 Å². The third-order valence-corrected chi connectivity index (χ3v) is 3.61. The van der Waals surface area contributed by atoms with Gasteiger partial charge in [0.05, 0.1) is 28.0 Å². The molecule has 1 aromatic rings. The van der Waals surface area contributed by atoms with E-state index in [9.17, 15) is 20.2 Å². The monoisotopic (exact) mass is 290 g/mol. The van der Waals surface area contributed by atoms with E-state index in [4.69, 9.17) is 5.26 Å². The summed E-state index contributed by atoms with van der Waals surface area (Å²) in [6, 6.07) is 5.58. The summed E-state index contributed by atoms with van der Waals surface area (Å²) >= 11 is 0. The molecule has 1 heterocycles. The van der Waals surface area contributed by atoms with Gasteiger partial charge < -0.3 is 0 Å². The third-order valence-electron chi connectivity index (χ3n) is 3.61. The molecule has 1 saturated heterocycles. The van der Waals surface area contributed by atoms with Crippen molar-refractivity contribution in [2.45, 2.75) is 31.8 Å². The van der Waals surface area contributed by atoms with Crippen LogP contribution in [0.5, 0.6) is 0 Å². The minimum Gasteiger partial charge on any atom is -0.283 e. The highest BCUT2D eigenvalue weighted by Gasteiger charge is 2.26. The number of nitro groups is 2. The topological polar surface area (TPSA) is 113 Å². The smallest absolute Gasteiger partial charge is 0.280 e. The molecular weight excluding hydrogens is 276 g/mol. The van der Waals surface area contributed by atoms with Crippen LogP contribution in [0, 0.1) is 31.6 Å². The fourth-order valence-corrected chi connectivity index (χ4v) is 2.51. The van der Waals surface area contributed by atoms with Crippen LogP contribution in [-0.4, -0.2) is 27.3 Å². The van der Waals surface area contributed by atoms with E-state index in [1.165, 1.54) is 12.1 Å². The largest absolute Gasteiger partial charge is 0.283 e. The minimum atomic E-state index is -0.657. The summed E-state index contributed by atoms with van der Waals surface area (Å²) in [5.74, 6) is 0. The van der Waals surface area contributed by atoms with Crippen molar-refractivity contribution in [2.75, 3.05) is 6.54 Å². The van der Waals surface area contributed by atoms with Gasteiger partial charge in [0.25, 0.3) is 11.4 Å². The molecule has 8 nitrogen and oxygen atoms in total. The molecule has 0 radical (unpaired) electrons. The SMILES string of the molecule is N#CC1CCCCN1Cc1ccc([N+](=O)[O-])cc1[N+](=O)[O-]. The molecule has 0 aromatic heterocycles. The molecule has 8 heteroatoms. The van der Waals surface area contributed by atoms with E-state index in [0.717, 1.165) is 25.3 Å². The van der Waals surface area contributed by atoms with E-state index >= 15 is 0 Å². The first-order chi connectivity index (χ1) is 10.0. The number of non-ortho nitro benzene ring substituents is 1. The van der Waals surface area contributed by atoms with Gasteiger partial charge in [0.15, 0.2) is 0 Å². The molecular formula is C13H14N4O4. The Balaban J connectivity index is 2.28. The molecule has 0 amide bonds. The van der Waals surface area contributed by atoms with Crippen molar-refractivity contribution in [3.63, 3.8) is 0 Å². The zero-order chi connectivity index (χ0) is 15.4. The van der Waals surface area contributed by atoms with E-state index in [0.29, 0.717) is 12.1 Å². The van der Waals surface area contributed by atoms with E-state index in [1.54, 1.807) is 0 Å². The van der Waals surface area contributed by atoms with Crippen LogP contribution in [-0.2, 0) is 6.54 Å². The molecule has 0 N–H and O–H groups in total. The summed E-state index contributed by atoms with van der Waals surface area (Å²) < 4.78 is 0. The Morgan fingerprint density at radius 2 is 2.05 bits per heavy atom. The lowest BCUT2D eigenvalue weighted by molar-refractivity contribution is -0.394. The molecule has 0 saturated carbocycles. The van der Waals surface area contributed by atoms with Crippen LogP contribution < -0.4 is 0 Å². The van der Waals surface area contributed by atoms with Crippen molar-refractivity contribution in [1.82, 2.24) is 4.90 Å². The molecule has 1 unspecified atom stereocenters. The first kappa shape index (κ1) is 14.9. The molecule has 1 aliphatic heterocycles. The Bertz CT molecular complexity index is 611. The Labute approximate surface area is 120 Å². The predicted octanol–water partition coefficient (Wildman–Crippen LogP) is 2.38. The van der Waals surface area contributed by atoms with Crippen molar-refractivity contribution in [3.05, 3.63) is 44.0 Å². The van der Waals surface area contributed by atoms with Crippen molar-refractivity contribution in [3.8, 4) is 6.07 Å². The first-order valence-corrected chi connectivity index (χ1v) is 6.58. The number of piperidine rings is 1. The zero-order valence-electron chi connectivity index (χ0n) is 11.3. The quantitative estimate of drug-likeness (QED) is 0.621. The van der Waals surface area contributed by atoms with Gasteiger partial charge in [-0.25, -0.2) is 0 Å². The summed E-state index contributed by atoms with van der Waals surface area (Å²) in [4.78, 5) is 22.4. The van der Waals surface area contributed by atoms with Gasteiger partial charge in [-0.15, -0.1) is 0 Å². The second kappa shape index (κ2) is 6.28. The second-order valence-electron chi connectivity index (χ2n) is 4.94. The van der Waals surface area contributed by atoms with E-state index in [2.05, 4.69) is 6.07 Å². The Hall–Kier alpha value is -2.53. The van der Waals surface area contributed by atoms with Crippen molar-refractivity contribution >= 4 is 11.4 Å². The lowest BCUT2D eigenvalue weighted by Crippen LogP contribution is -2.38. The third kappa shape index (κ3) is 3.32. The minimum absolute atomic E-state index is 0.256. The van der Waals surface area contributed by atoms with E-state index < -0.39 is 9.85 Å². The van der Waals surface area contributed by atoms with Gasteiger partial charge in [-0.2, -0.15) is 5.26 Å². The maximum absolute atomic E-state index is 11.1. The highest BCUT2D eigenvalue weighted by atomic mass is 16.6. The Kier molecular flexibility index (Phi) is 4.45. The Morgan fingerprint density at radius 3 is 2.67 bits per heavy atom. The summed E-state index contributed by atoms with van der Waals surface area (Å²) in [6.07, 6.45) is 2.66. The first-order valence-electron chi connectivity index (χ1n) is 6.58. The van der Waals surface area contributed by atoms with Gasteiger partial charge in [0, 0.05) is 18.2 Å². The van der Waals surface area contributed by atoms with E-state index in [-0.39, 0.29) is 24.0 Å². The van der Waals surface area contributed by atoms with Gasteiger partial charge >= 0.3 is 0 Å². The standard InChI is InChI=1S/C13H14N4O4/c14-8-12-3-1-2-6-15(12)9-10-4-5-11(16(18)19)7-13(10)17(20)21/h4-5,7,12H,1-3,6,9H2. The highest BCUT2D eigenvalue weighted by Crippen LogP contribution is 2.28. The maximum atomic E-state index is 11.1. The molecule has 0 bridgehead atoms. The van der Waals surface area contributed by atoms with Gasteiger partial charge in [0.2, 0.25) is 0 Å². The number of hydrogen-bond donors (Lipinski definition) is 0. The molecule has 0 aliphatic carbocycles. The lowest BCUT2D eigenvalue weighted by Gasteiger charge is -2.31. The second-order valence-corrected chi connectivity index (χ2v) is 4.94. The number of nitro benzene ring substituents is 2. The molecule has 110 valence electrons. The summed E-state index contributed by atoms with van der Waals surface area (Å²) in [5.41, 5.74) is -0.180. The average molecular weight is 290 g/mol. The average Bonchev–Trinajstić information content (AvgIpc) is 2.47. The lowest BCUT2D eigenvalue weighted by atomic mass is 10.0. The number of benzene rings is 1. The molecule has 1 aromatic carbocycles. The normalized spacial score (nSPS) is 18.9. The van der Waals surface area contributed by atoms with E-state index in [1.807, 2.05) is 4.90 Å². The van der Waals surface area contributed by atoms with Crippen LogP contribution in [0.4, 0.5) is 11.4 Å². The molecule has 1 fully saturated rings. The molecule has 2 rings (SSSR count). The maximum Gasteiger partial charge on any atom is 0.280 e. The van der Waals surface area contributed by atoms with Crippen LogP contribution in [0.15, 0.2) is 18.2 Å². The molecule has 1 aliphatic rings. The summed E-state index contributed by atoms with van der Waals surface area (Å²) in [7, 11) is 0. The van der Waals surface area contributed by atoms with Crippen LogP contribution in [0.1, 0.15) is 24.8 Å². The fourth-order valence-electron chi connectivity index (χ4n) is 2.51.